The van der Waals surface area contributed by atoms with Gasteiger partial charge in [-0.1, -0.05) is 23.2 Å². The quantitative estimate of drug-likeness (QED) is 0.648. The summed E-state index contributed by atoms with van der Waals surface area (Å²) < 4.78 is 4.72. The third kappa shape index (κ3) is 5.16. The maximum absolute atomic E-state index is 11.0. The summed E-state index contributed by atoms with van der Waals surface area (Å²) in [6.07, 6.45) is -0.641. The number of carbonyl (C=O) groups is 1. The van der Waals surface area contributed by atoms with Gasteiger partial charge in [-0.15, -0.1) is 0 Å². The Bertz CT molecular complexity index is 422. The molecule has 0 aliphatic rings. The number of halogens is 2. The van der Waals surface area contributed by atoms with E-state index in [9.17, 15) is 4.79 Å². The number of anilines is 1. The number of amides is 1. The van der Waals surface area contributed by atoms with Gasteiger partial charge in [0.05, 0.1) is 0 Å². The van der Waals surface area contributed by atoms with E-state index in [2.05, 4.69) is 15.6 Å². The van der Waals surface area contributed by atoms with Crippen molar-refractivity contribution in [3.8, 4) is 0 Å². The van der Waals surface area contributed by atoms with Crippen LogP contribution in [0.5, 0.6) is 0 Å². The predicted octanol–water partition coefficient (Wildman–Crippen LogP) is 2.83. The van der Waals surface area contributed by atoms with Gasteiger partial charge in [-0.25, -0.2) is 9.78 Å². The fourth-order valence-electron chi connectivity index (χ4n) is 0.924. The van der Waals surface area contributed by atoms with Crippen LogP contribution in [0.25, 0.3) is 0 Å². The Morgan fingerprint density at radius 2 is 2.24 bits per heavy atom. The van der Waals surface area contributed by atoms with Gasteiger partial charge in [0.15, 0.2) is 0 Å². The zero-order valence-corrected chi connectivity index (χ0v) is 11.1. The lowest BCUT2D eigenvalue weighted by Gasteiger charge is -2.08. The number of rotatable bonds is 2. The van der Waals surface area contributed by atoms with Gasteiger partial charge in [-0.3, -0.25) is 0 Å². The number of nitrogens with zero attached hydrogens (tertiary/aromatic N) is 1. The van der Waals surface area contributed by atoms with Crippen molar-refractivity contribution in [3.63, 3.8) is 0 Å². The van der Waals surface area contributed by atoms with Crippen LogP contribution in [0.2, 0.25) is 10.2 Å². The Labute approximate surface area is 113 Å². The topological polar surface area (TPSA) is 63.2 Å². The first-order valence-corrected chi connectivity index (χ1v) is 5.77. The lowest BCUT2D eigenvalue weighted by molar-refractivity contribution is 0.199. The average molecular weight is 294 g/mol. The van der Waals surface area contributed by atoms with Crippen molar-refractivity contribution in [1.29, 1.82) is 0 Å². The largest absolute Gasteiger partial charge is 0.414 e. The molecule has 0 aromatic carbocycles. The first-order valence-electron chi connectivity index (χ1n) is 4.61. The molecule has 1 heterocycles. The van der Waals surface area contributed by atoms with E-state index in [0.29, 0.717) is 17.4 Å². The van der Waals surface area contributed by atoms with Gasteiger partial charge >= 0.3 is 6.09 Å². The minimum Gasteiger partial charge on any atom is -0.382 e. The van der Waals surface area contributed by atoms with Gasteiger partial charge in [0, 0.05) is 11.6 Å². The summed E-state index contributed by atoms with van der Waals surface area (Å²) in [5.74, 6) is 0.303. The van der Waals surface area contributed by atoms with E-state index in [4.69, 9.17) is 40.2 Å². The Kier molecular flexibility index (Phi) is 5.40. The number of carbonyl (C=O) groups excluding carboxylic acids is 1. The van der Waals surface area contributed by atoms with Crippen LogP contribution in [0.3, 0.4) is 0 Å². The number of pyridine rings is 1. The van der Waals surface area contributed by atoms with Crippen molar-refractivity contribution >= 4 is 52.5 Å². The Hall–Kier alpha value is -1.11. The second-order valence-electron chi connectivity index (χ2n) is 2.83. The molecule has 1 aromatic heterocycles. The van der Waals surface area contributed by atoms with Crippen LogP contribution in [-0.2, 0) is 4.74 Å². The fraction of sp³-hybridized carbons (Fsp3) is 0.222. The Morgan fingerprint density at radius 1 is 1.53 bits per heavy atom. The SMILES string of the molecule is CCNC(=O)OC(=S)Nc1cc(Cl)cc(Cl)n1. The summed E-state index contributed by atoms with van der Waals surface area (Å²) in [7, 11) is 0. The van der Waals surface area contributed by atoms with Gasteiger partial charge in [0.1, 0.15) is 11.0 Å². The minimum absolute atomic E-state index is 0.137. The first-order chi connectivity index (χ1) is 8.01. The third-order valence-corrected chi connectivity index (χ3v) is 2.09. The molecule has 0 saturated heterocycles. The molecule has 0 fully saturated rings. The molecule has 0 bridgehead atoms. The number of nitrogens with one attached hydrogen (secondary N) is 2. The molecule has 1 amide bonds. The second-order valence-corrected chi connectivity index (χ2v) is 4.02. The maximum Gasteiger partial charge on any atom is 0.414 e. The number of thiocarbonyl (C=S) groups is 1. The molecule has 5 nitrogen and oxygen atoms in total. The van der Waals surface area contributed by atoms with Crippen LogP contribution in [0.15, 0.2) is 12.1 Å². The molecule has 2 N–H and O–H groups in total. The summed E-state index contributed by atoms with van der Waals surface area (Å²) in [4.78, 5) is 14.9. The summed E-state index contributed by atoms with van der Waals surface area (Å²) in [5, 5.41) is 5.47. The van der Waals surface area contributed by atoms with Gasteiger partial charge in [-0.05, 0) is 31.3 Å². The highest BCUT2D eigenvalue weighted by Gasteiger charge is 2.07. The predicted molar refractivity (Wildman–Crippen MR) is 70.6 cm³/mol. The molecule has 0 saturated carbocycles. The van der Waals surface area contributed by atoms with E-state index >= 15 is 0 Å². The highest BCUT2D eigenvalue weighted by molar-refractivity contribution is 7.80. The molecule has 0 spiro atoms. The highest BCUT2D eigenvalue weighted by atomic mass is 35.5. The third-order valence-electron chi connectivity index (χ3n) is 1.50. The van der Waals surface area contributed by atoms with E-state index in [1.807, 2.05) is 0 Å². The number of hydrogen-bond acceptors (Lipinski definition) is 4. The normalized spacial score (nSPS) is 9.59. The van der Waals surface area contributed by atoms with Crippen molar-refractivity contribution in [2.24, 2.45) is 0 Å². The molecule has 1 aromatic rings. The van der Waals surface area contributed by atoms with E-state index in [0.717, 1.165) is 0 Å². The van der Waals surface area contributed by atoms with Crippen LogP contribution in [0.4, 0.5) is 10.6 Å². The van der Waals surface area contributed by atoms with Gasteiger partial charge < -0.3 is 15.4 Å². The zero-order chi connectivity index (χ0) is 12.8. The summed E-state index contributed by atoms with van der Waals surface area (Å²) in [6, 6.07) is 2.98. The van der Waals surface area contributed by atoms with Crippen LogP contribution >= 0.6 is 35.4 Å². The monoisotopic (exact) mass is 293 g/mol. The lowest BCUT2D eigenvalue weighted by Crippen LogP contribution is -2.28. The van der Waals surface area contributed by atoms with E-state index in [1.165, 1.54) is 12.1 Å². The van der Waals surface area contributed by atoms with Gasteiger partial charge in [-0.2, -0.15) is 0 Å². The summed E-state index contributed by atoms with van der Waals surface area (Å²) >= 11 is 16.2. The first kappa shape index (κ1) is 14.0. The van der Waals surface area contributed by atoms with Gasteiger partial charge in [0.2, 0.25) is 0 Å². The van der Waals surface area contributed by atoms with E-state index in [-0.39, 0.29) is 10.3 Å². The summed E-state index contributed by atoms with van der Waals surface area (Å²) in [5.41, 5.74) is 0. The van der Waals surface area contributed by atoms with Crippen LogP contribution in [-0.4, -0.2) is 22.8 Å². The zero-order valence-electron chi connectivity index (χ0n) is 8.79. The van der Waals surface area contributed by atoms with E-state index < -0.39 is 6.09 Å². The van der Waals surface area contributed by atoms with Crippen molar-refractivity contribution in [3.05, 3.63) is 22.3 Å². The molecule has 0 aliphatic carbocycles. The molecule has 0 atom stereocenters. The second kappa shape index (κ2) is 6.58. The smallest absolute Gasteiger partial charge is 0.382 e. The number of ether oxygens (including phenoxy) is 1. The fourth-order valence-corrected chi connectivity index (χ4v) is 1.58. The molecule has 0 radical (unpaired) electrons. The summed E-state index contributed by atoms with van der Waals surface area (Å²) in [6.45, 7) is 2.21. The molecular formula is C9H9Cl2N3O2S. The molecular weight excluding hydrogens is 285 g/mol. The van der Waals surface area contributed by atoms with Crippen LogP contribution in [0.1, 0.15) is 6.92 Å². The van der Waals surface area contributed by atoms with E-state index in [1.54, 1.807) is 6.92 Å². The lowest BCUT2D eigenvalue weighted by atomic mass is 10.4. The highest BCUT2D eigenvalue weighted by Crippen LogP contribution is 2.18. The molecule has 0 aliphatic heterocycles. The van der Waals surface area contributed by atoms with Crippen molar-refractivity contribution < 1.29 is 9.53 Å². The Morgan fingerprint density at radius 3 is 2.82 bits per heavy atom. The standard InChI is InChI=1S/C9H9Cl2N3O2S/c1-2-12-8(15)16-9(17)14-7-4-5(10)3-6(11)13-7/h3-4H,2H2,1H3,(H,12,15)(H,13,14,17). The number of alkyl carbamates (subject to hydrolysis) is 1. The van der Waals surface area contributed by atoms with Crippen molar-refractivity contribution in [2.75, 3.05) is 11.9 Å². The number of aromatic nitrogens is 1. The molecule has 17 heavy (non-hydrogen) atoms. The van der Waals surface area contributed by atoms with Crippen molar-refractivity contribution in [2.45, 2.75) is 6.92 Å². The molecule has 92 valence electrons. The average Bonchev–Trinajstić information content (AvgIpc) is 2.14. The van der Waals surface area contributed by atoms with Crippen LogP contribution < -0.4 is 10.6 Å². The molecule has 0 unspecified atom stereocenters. The Balaban J connectivity index is 2.59. The molecule has 1 rings (SSSR count). The minimum atomic E-state index is -0.641. The van der Waals surface area contributed by atoms with Crippen LogP contribution in [0, 0.1) is 0 Å². The van der Waals surface area contributed by atoms with Crippen molar-refractivity contribution in [1.82, 2.24) is 10.3 Å². The maximum atomic E-state index is 11.0. The number of hydrogen-bond donors (Lipinski definition) is 2. The molecule has 8 heteroatoms. The van der Waals surface area contributed by atoms with Gasteiger partial charge in [0.25, 0.3) is 5.17 Å².